The fourth-order valence-corrected chi connectivity index (χ4v) is 3.13. The Morgan fingerprint density at radius 1 is 1.09 bits per heavy atom. The molecule has 0 atom stereocenters. The first-order chi connectivity index (χ1) is 15.6. The number of ether oxygens (including phenoxy) is 2. The van der Waals surface area contributed by atoms with Gasteiger partial charge in [-0.1, -0.05) is 18.2 Å². The third-order valence-corrected chi connectivity index (χ3v) is 4.67. The van der Waals surface area contributed by atoms with Crippen molar-refractivity contribution < 1.29 is 14.3 Å². The average molecular weight is 429 g/mol. The number of hydrogen-bond donors (Lipinski definition) is 2. The molecule has 0 radical (unpaired) electrons. The van der Waals surface area contributed by atoms with Gasteiger partial charge in [-0.05, 0) is 42.5 Å². The standard InChI is InChI=1S/C24H23N5O3/c1-29-21(11-13-27-29)20-15-18(8-9-22(20)31-14-12-25)28-24(30)17-7-10-23(26-16-17)32-19-5-3-2-4-6-19/h2-11,13,15-16H,12,14,25H2,1H3,(H,28,30). The fraction of sp³-hybridized carbons (Fsp3) is 0.125. The first-order valence-corrected chi connectivity index (χ1v) is 10.1. The Kier molecular flexibility index (Phi) is 6.43. The van der Waals surface area contributed by atoms with Crippen molar-refractivity contribution in [3.8, 4) is 28.6 Å². The summed E-state index contributed by atoms with van der Waals surface area (Å²) in [6, 6.07) is 20.0. The molecule has 32 heavy (non-hydrogen) atoms. The van der Waals surface area contributed by atoms with Gasteiger partial charge in [-0.3, -0.25) is 9.48 Å². The molecule has 8 nitrogen and oxygen atoms in total. The highest BCUT2D eigenvalue weighted by Crippen LogP contribution is 2.32. The van der Waals surface area contributed by atoms with Gasteiger partial charge in [0.2, 0.25) is 5.88 Å². The van der Waals surface area contributed by atoms with Crippen molar-refractivity contribution in [1.82, 2.24) is 14.8 Å². The van der Waals surface area contributed by atoms with Crippen molar-refractivity contribution in [3.63, 3.8) is 0 Å². The predicted octanol–water partition coefficient (Wildman–Crippen LogP) is 3.86. The Bertz CT molecular complexity index is 1190. The highest BCUT2D eigenvalue weighted by Gasteiger charge is 2.14. The predicted molar refractivity (Wildman–Crippen MR) is 122 cm³/mol. The first kappa shape index (κ1) is 21.1. The molecule has 0 fully saturated rings. The minimum atomic E-state index is -0.282. The summed E-state index contributed by atoms with van der Waals surface area (Å²) in [4.78, 5) is 17.0. The maximum Gasteiger partial charge on any atom is 0.257 e. The van der Waals surface area contributed by atoms with Crippen molar-refractivity contribution >= 4 is 11.6 Å². The van der Waals surface area contributed by atoms with Crippen LogP contribution in [0.4, 0.5) is 5.69 Å². The average Bonchev–Trinajstić information content (AvgIpc) is 3.25. The van der Waals surface area contributed by atoms with Crippen LogP contribution in [0.1, 0.15) is 10.4 Å². The summed E-state index contributed by atoms with van der Waals surface area (Å²) >= 11 is 0. The number of benzene rings is 2. The summed E-state index contributed by atoms with van der Waals surface area (Å²) < 4.78 is 13.2. The molecule has 0 saturated heterocycles. The third kappa shape index (κ3) is 4.93. The van der Waals surface area contributed by atoms with E-state index in [1.54, 1.807) is 29.1 Å². The number of aryl methyl sites for hydroxylation is 1. The van der Waals surface area contributed by atoms with Crippen molar-refractivity contribution in [2.45, 2.75) is 0 Å². The first-order valence-electron chi connectivity index (χ1n) is 10.1. The van der Waals surface area contributed by atoms with Gasteiger partial charge in [-0.25, -0.2) is 4.98 Å². The van der Waals surface area contributed by atoms with E-state index in [-0.39, 0.29) is 5.91 Å². The van der Waals surface area contributed by atoms with Crippen molar-refractivity contribution in [2.75, 3.05) is 18.5 Å². The molecule has 0 aliphatic rings. The molecule has 1 amide bonds. The van der Waals surface area contributed by atoms with E-state index in [2.05, 4.69) is 15.4 Å². The molecule has 0 saturated carbocycles. The quantitative estimate of drug-likeness (QED) is 0.441. The maximum absolute atomic E-state index is 12.7. The number of carbonyl (C=O) groups is 1. The normalized spacial score (nSPS) is 10.6. The van der Waals surface area contributed by atoms with Gasteiger partial charge < -0.3 is 20.5 Å². The van der Waals surface area contributed by atoms with Crippen LogP contribution in [0.15, 0.2) is 79.1 Å². The summed E-state index contributed by atoms with van der Waals surface area (Å²) in [7, 11) is 1.85. The Labute approximate surface area is 185 Å². The van der Waals surface area contributed by atoms with Gasteiger partial charge in [0.15, 0.2) is 0 Å². The molecule has 0 bridgehead atoms. The van der Waals surface area contributed by atoms with Gasteiger partial charge in [0, 0.05) is 43.3 Å². The van der Waals surface area contributed by atoms with Crippen molar-refractivity contribution in [1.29, 1.82) is 0 Å². The van der Waals surface area contributed by atoms with E-state index < -0.39 is 0 Å². The summed E-state index contributed by atoms with van der Waals surface area (Å²) in [5.74, 6) is 1.47. The lowest BCUT2D eigenvalue weighted by atomic mass is 10.1. The van der Waals surface area contributed by atoms with E-state index >= 15 is 0 Å². The van der Waals surface area contributed by atoms with E-state index in [4.69, 9.17) is 15.2 Å². The zero-order chi connectivity index (χ0) is 22.3. The second-order valence-electron chi connectivity index (χ2n) is 6.94. The number of nitrogens with two attached hydrogens (primary N) is 1. The summed E-state index contributed by atoms with van der Waals surface area (Å²) in [6.07, 6.45) is 3.19. The lowest BCUT2D eigenvalue weighted by molar-refractivity contribution is 0.102. The summed E-state index contributed by atoms with van der Waals surface area (Å²) in [5, 5.41) is 7.12. The van der Waals surface area contributed by atoms with Crippen molar-refractivity contribution in [3.05, 3.63) is 84.7 Å². The molecule has 4 rings (SSSR count). The Balaban J connectivity index is 1.51. The summed E-state index contributed by atoms with van der Waals surface area (Å²) in [5.41, 5.74) is 8.27. The number of aromatic nitrogens is 3. The number of rotatable bonds is 8. The number of pyridine rings is 1. The summed E-state index contributed by atoms with van der Waals surface area (Å²) in [6.45, 7) is 0.792. The van der Waals surface area contributed by atoms with E-state index in [0.717, 1.165) is 11.3 Å². The van der Waals surface area contributed by atoms with E-state index in [0.29, 0.717) is 41.8 Å². The van der Waals surface area contributed by atoms with Crippen LogP contribution in [-0.4, -0.2) is 33.8 Å². The molecule has 8 heteroatoms. The van der Waals surface area contributed by atoms with Crippen molar-refractivity contribution in [2.24, 2.45) is 12.8 Å². The molecule has 0 aliphatic heterocycles. The molecule has 0 spiro atoms. The van der Waals surface area contributed by atoms with Gasteiger partial charge >= 0.3 is 0 Å². The molecule has 2 aromatic carbocycles. The highest BCUT2D eigenvalue weighted by molar-refractivity contribution is 6.04. The molecular formula is C24H23N5O3. The van der Waals surface area contributed by atoms with Gasteiger partial charge in [0.1, 0.15) is 18.1 Å². The molecule has 2 heterocycles. The van der Waals surface area contributed by atoms with Gasteiger partial charge in [-0.2, -0.15) is 5.10 Å². The molecule has 3 N–H and O–H groups in total. The second kappa shape index (κ2) is 9.76. The maximum atomic E-state index is 12.7. The van der Waals surface area contributed by atoms with Gasteiger partial charge in [0.25, 0.3) is 5.91 Å². The van der Waals surface area contributed by atoms with E-state index in [1.807, 2.05) is 55.6 Å². The number of amides is 1. The van der Waals surface area contributed by atoms with Crippen LogP contribution in [0.5, 0.6) is 17.4 Å². The molecular weight excluding hydrogens is 406 g/mol. The minimum Gasteiger partial charge on any atom is -0.492 e. The zero-order valence-corrected chi connectivity index (χ0v) is 17.6. The number of anilines is 1. The van der Waals surface area contributed by atoms with Crippen LogP contribution in [0.25, 0.3) is 11.3 Å². The third-order valence-electron chi connectivity index (χ3n) is 4.67. The number of hydrogen-bond acceptors (Lipinski definition) is 6. The Morgan fingerprint density at radius 2 is 1.94 bits per heavy atom. The molecule has 0 unspecified atom stereocenters. The largest absolute Gasteiger partial charge is 0.492 e. The SMILES string of the molecule is Cn1nccc1-c1cc(NC(=O)c2ccc(Oc3ccccc3)nc2)ccc1OCCN. The molecule has 162 valence electrons. The monoisotopic (exact) mass is 429 g/mol. The lowest BCUT2D eigenvalue weighted by Gasteiger charge is -2.14. The Hall–Kier alpha value is -4.17. The second-order valence-corrected chi connectivity index (χ2v) is 6.94. The van der Waals surface area contributed by atoms with Crippen LogP contribution in [0.3, 0.4) is 0 Å². The van der Waals surface area contributed by atoms with Crippen LogP contribution in [0, 0.1) is 0 Å². The minimum absolute atomic E-state index is 0.282. The fourth-order valence-electron chi connectivity index (χ4n) is 3.13. The van der Waals surface area contributed by atoms with Gasteiger partial charge in [-0.15, -0.1) is 0 Å². The topological polar surface area (TPSA) is 104 Å². The van der Waals surface area contributed by atoms with Crippen LogP contribution < -0.4 is 20.5 Å². The number of nitrogens with one attached hydrogen (secondary N) is 1. The smallest absolute Gasteiger partial charge is 0.257 e. The van der Waals surface area contributed by atoms with Crippen LogP contribution in [-0.2, 0) is 7.05 Å². The van der Waals surface area contributed by atoms with Crippen LogP contribution in [0.2, 0.25) is 0 Å². The van der Waals surface area contributed by atoms with Gasteiger partial charge in [0.05, 0.1) is 11.3 Å². The number of nitrogens with zero attached hydrogens (tertiary/aromatic N) is 3. The van der Waals surface area contributed by atoms with E-state index in [1.165, 1.54) is 6.20 Å². The molecule has 0 aliphatic carbocycles. The lowest BCUT2D eigenvalue weighted by Crippen LogP contribution is -2.13. The van der Waals surface area contributed by atoms with E-state index in [9.17, 15) is 4.79 Å². The number of carbonyl (C=O) groups excluding carboxylic acids is 1. The zero-order valence-electron chi connectivity index (χ0n) is 17.6. The Morgan fingerprint density at radius 3 is 2.62 bits per heavy atom. The molecule has 2 aromatic heterocycles. The highest BCUT2D eigenvalue weighted by atomic mass is 16.5. The molecule has 4 aromatic rings. The number of para-hydroxylation sites is 1. The van der Waals surface area contributed by atoms with Crippen LogP contribution >= 0.6 is 0 Å².